The molecule has 160 valence electrons. The normalized spacial score (nSPS) is 24.9. The molecule has 7 nitrogen and oxygen atoms in total. The van der Waals surface area contributed by atoms with E-state index in [9.17, 15) is 14.4 Å². The van der Waals surface area contributed by atoms with Crippen LogP contribution in [-0.2, 0) is 9.59 Å². The van der Waals surface area contributed by atoms with Crippen molar-refractivity contribution < 1.29 is 14.4 Å². The van der Waals surface area contributed by atoms with Crippen LogP contribution in [0.4, 0.5) is 11.4 Å². The number of rotatable bonds is 4. The van der Waals surface area contributed by atoms with E-state index in [1.807, 2.05) is 54.3 Å². The lowest BCUT2D eigenvalue weighted by Crippen LogP contribution is -2.64. The van der Waals surface area contributed by atoms with E-state index in [1.165, 1.54) is 0 Å². The van der Waals surface area contributed by atoms with Gasteiger partial charge >= 0.3 is 0 Å². The number of nitrogens with zero attached hydrogens (tertiary/aromatic N) is 3. The van der Waals surface area contributed by atoms with Gasteiger partial charge in [-0.3, -0.25) is 19.3 Å². The summed E-state index contributed by atoms with van der Waals surface area (Å²) < 4.78 is 0. The van der Waals surface area contributed by atoms with Crippen molar-refractivity contribution in [3.8, 4) is 0 Å². The molecule has 2 saturated heterocycles. The number of hydrogen-bond donors (Lipinski definition) is 1. The van der Waals surface area contributed by atoms with Crippen molar-refractivity contribution in [1.82, 2.24) is 9.80 Å². The molecule has 7 heteroatoms. The van der Waals surface area contributed by atoms with Gasteiger partial charge in [-0.2, -0.15) is 0 Å². The molecule has 3 amide bonds. The van der Waals surface area contributed by atoms with Gasteiger partial charge in [0.05, 0.1) is 11.3 Å². The third-order valence-corrected chi connectivity index (χ3v) is 6.72. The molecule has 5 rings (SSSR count). The van der Waals surface area contributed by atoms with Crippen molar-refractivity contribution in [3.05, 3.63) is 60.2 Å². The van der Waals surface area contributed by atoms with E-state index in [2.05, 4.69) is 5.32 Å². The second kappa shape index (κ2) is 7.41. The number of carbonyl (C=O) groups excluding carboxylic acids is 3. The fraction of sp³-hybridized carbons (Fsp3) is 0.375. The van der Waals surface area contributed by atoms with Gasteiger partial charge in [0.2, 0.25) is 11.8 Å². The maximum absolute atomic E-state index is 13.3. The highest BCUT2D eigenvalue weighted by Gasteiger charge is 2.53. The predicted octanol–water partition coefficient (Wildman–Crippen LogP) is 2.70. The van der Waals surface area contributed by atoms with Gasteiger partial charge in [-0.15, -0.1) is 0 Å². The van der Waals surface area contributed by atoms with E-state index in [0.717, 1.165) is 12.1 Å². The zero-order valence-electron chi connectivity index (χ0n) is 17.6. The number of amides is 3. The van der Waals surface area contributed by atoms with Crippen LogP contribution in [0.1, 0.15) is 36.5 Å². The molecule has 0 saturated carbocycles. The SMILES string of the molecule is CC12CCC(=O)N1c1ccccc1C(=O)N2CC(=O)N1CCC(Nc2ccccc2)C1. The molecule has 1 N–H and O–H groups in total. The minimum absolute atomic E-state index is 0.00630. The average molecular weight is 418 g/mol. The minimum atomic E-state index is -0.806. The molecule has 0 radical (unpaired) electrons. The van der Waals surface area contributed by atoms with E-state index >= 15 is 0 Å². The first-order valence-corrected chi connectivity index (χ1v) is 10.8. The van der Waals surface area contributed by atoms with Gasteiger partial charge in [-0.25, -0.2) is 0 Å². The monoisotopic (exact) mass is 418 g/mol. The fourth-order valence-electron chi connectivity index (χ4n) is 5.05. The van der Waals surface area contributed by atoms with Crippen LogP contribution in [-0.4, -0.2) is 58.9 Å². The predicted molar refractivity (Wildman–Crippen MR) is 118 cm³/mol. The summed E-state index contributed by atoms with van der Waals surface area (Å²) in [6.45, 7) is 3.13. The van der Waals surface area contributed by atoms with Crippen molar-refractivity contribution >= 4 is 29.1 Å². The Morgan fingerprint density at radius 3 is 2.65 bits per heavy atom. The van der Waals surface area contributed by atoms with Crippen molar-refractivity contribution in [3.63, 3.8) is 0 Å². The number of carbonyl (C=O) groups is 3. The molecule has 0 spiro atoms. The zero-order valence-corrected chi connectivity index (χ0v) is 17.6. The third-order valence-electron chi connectivity index (χ3n) is 6.72. The van der Waals surface area contributed by atoms with Crippen molar-refractivity contribution in [2.24, 2.45) is 0 Å². The Balaban J connectivity index is 1.33. The molecular formula is C24H26N4O3. The lowest BCUT2D eigenvalue weighted by atomic mass is 9.98. The Bertz CT molecular complexity index is 1040. The van der Waals surface area contributed by atoms with E-state index in [1.54, 1.807) is 21.9 Å². The average Bonchev–Trinajstić information content (AvgIpc) is 3.36. The van der Waals surface area contributed by atoms with Crippen LogP contribution in [0.15, 0.2) is 54.6 Å². The van der Waals surface area contributed by atoms with E-state index < -0.39 is 5.66 Å². The third kappa shape index (κ3) is 3.24. The number of nitrogens with one attached hydrogen (secondary N) is 1. The van der Waals surface area contributed by atoms with Crippen LogP contribution >= 0.6 is 0 Å². The lowest BCUT2D eigenvalue weighted by molar-refractivity contribution is -0.132. The largest absolute Gasteiger partial charge is 0.380 e. The molecule has 2 aromatic carbocycles. The van der Waals surface area contributed by atoms with Gasteiger partial charge in [0.1, 0.15) is 12.2 Å². The van der Waals surface area contributed by atoms with Crippen molar-refractivity contribution in [2.75, 3.05) is 29.9 Å². The Labute approximate surface area is 181 Å². The highest BCUT2D eigenvalue weighted by Crippen LogP contribution is 2.43. The lowest BCUT2D eigenvalue weighted by Gasteiger charge is -2.48. The van der Waals surface area contributed by atoms with E-state index in [0.29, 0.717) is 37.2 Å². The highest BCUT2D eigenvalue weighted by molar-refractivity contribution is 6.11. The Morgan fingerprint density at radius 2 is 1.84 bits per heavy atom. The topological polar surface area (TPSA) is 73.0 Å². The number of likely N-dealkylation sites (tertiary alicyclic amines) is 1. The summed E-state index contributed by atoms with van der Waals surface area (Å²) in [6.07, 6.45) is 1.76. The first kappa shape index (κ1) is 19.6. The molecule has 0 aromatic heterocycles. The number of para-hydroxylation sites is 2. The molecule has 3 heterocycles. The minimum Gasteiger partial charge on any atom is -0.380 e. The van der Waals surface area contributed by atoms with Crippen LogP contribution in [0.2, 0.25) is 0 Å². The summed E-state index contributed by atoms with van der Waals surface area (Å²) in [7, 11) is 0. The Hall–Kier alpha value is -3.35. The smallest absolute Gasteiger partial charge is 0.258 e. The van der Waals surface area contributed by atoms with Gasteiger partial charge in [0.15, 0.2) is 0 Å². The van der Waals surface area contributed by atoms with E-state index in [-0.39, 0.29) is 30.3 Å². The Morgan fingerprint density at radius 1 is 1.10 bits per heavy atom. The van der Waals surface area contributed by atoms with Gasteiger partial charge in [-0.1, -0.05) is 30.3 Å². The maximum Gasteiger partial charge on any atom is 0.258 e. The first-order chi connectivity index (χ1) is 15.0. The molecule has 2 unspecified atom stereocenters. The number of hydrogen-bond acceptors (Lipinski definition) is 4. The van der Waals surface area contributed by atoms with Crippen LogP contribution in [0.25, 0.3) is 0 Å². The number of anilines is 2. The molecular weight excluding hydrogens is 392 g/mol. The van der Waals surface area contributed by atoms with Crippen molar-refractivity contribution in [2.45, 2.75) is 37.9 Å². The van der Waals surface area contributed by atoms with Crippen LogP contribution in [0.5, 0.6) is 0 Å². The van der Waals surface area contributed by atoms with E-state index in [4.69, 9.17) is 0 Å². The molecule has 3 aliphatic heterocycles. The summed E-state index contributed by atoms with van der Waals surface area (Å²) in [5.74, 6) is -0.269. The molecule has 31 heavy (non-hydrogen) atoms. The summed E-state index contributed by atoms with van der Waals surface area (Å²) >= 11 is 0. The second-order valence-electron chi connectivity index (χ2n) is 8.69. The molecule has 2 fully saturated rings. The Kier molecular flexibility index (Phi) is 4.68. The standard InChI is InChI=1S/C24H26N4O3/c1-24-13-11-21(29)28(24)20-10-6-5-9-19(20)23(31)27(24)16-22(30)26-14-12-18(15-26)25-17-7-3-2-4-8-17/h2-10,18,25H,11-16H2,1H3. The van der Waals surface area contributed by atoms with Gasteiger partial charge in [-0.05, 0) is 44.0 Å². The van der Waals surface area contributed by atoms with Gasteiger partial charge in [0.25, 0.3) is 5.91 Å². The first-order valence-electron chi connectivity index (χ1n) is 10.8. The molecule has 0 bridgehead atoms. The summed E-state index contributed by atoms with van der Waals surface area (Å²) in [4.78, 5) is 44.3. The molecule has 3 aliphatic rings. The van der Waals surface area contributed by atoms with Crippen LogP contribution in [0.3, 0.4) is 0 Å². The molecule has 2 aromatic rings. The summed E-state index contributed by atoms with van der Waals surface area (Å²) in [5.41, 5.74) is 1.36. The number of benzene rings is 2. The zero-order chi connectivity index (χ0) is 21.6. The highest BCUT2D eigenvalue weighted by atomic mass is 16.2. The second-order valence-corrected chi connectivity index (χ2v) is 8.69. The summed E-state index contributed by atoms with van der Waals surface area (Å²) in [6, 6.07) is 17.3. The van der Waals surface area contributed by atoms with Gasteiger partial charge in [0, 0.05) is 31.2 Å². The molecule has 2 atom stereocenters. The quantitative estimate of drug-likeness (QED) is 0.829. The van der Waals surface area contributed by atoms with Crippen molar-refractivity contribution in [1.29, 1.82) is 0 Å². The van der Waals surface area contributed by atoms with Crippen LogP contribution < -0.4 is 10.2 Å². The molecule has 0 aliphatic carbocycles. The van der Waals surface area contributed by atoms with Crippen LogP contribution in [0, 0.1) is 0 Å². The fourth-order valence-corrected chi connectivity index (χ4v) is 5.05. The summed E-state index contributed by atoms with van der Waals surface area (Å²) in [5, 5.41) is 3.47. The number of fused-ring (bicyclic) bond motifs is 3. The maximum atomic E-state index is 13.3. The van der Waals surface area contributed by atoms with Gasteiger partial charge < -0.3 is 15.1 Å².